The molecule has 3 nitrogen and oxygen atoms in total. The second kappa shape index (κ2) is 8.47. The van der Waals surface area contributed by atoms with Gasteiger partial charge in [-0.3, -0.25) is 4.79 Å². The summed E-state index contributed by atoms with van der Waals surface area (Å²) in [4.78, 5) is 12.1. The largest absolute Gasteiger partial charge is 0.385 e. The van der Waals surface area contributed by atoms with Crippen molar-refractivity contribution >= 4 is 17.3 Å². The number of allylic oxidation sites excluding steroid dienone is 1. The Balaban J connectivity index is 1.49. The molecule has 0 aromatic heterocycles. The fourth-order valence-electron chi connectivity index (χ4n) is 2.98. The molecule has 0 radical (unpaired) electrons. The second-order valence-corrected chi connectivity index (χ2v) is 6.32. The molecule has 0 saturated heterocycles. The van der Waals surface area contributed by atoms with Crippen LogP contribution in [0.1, 0.15) is 42.5 Å². The number of hydrogen-bond donors (Lipinski definition) is 2. The van der Waals surface area contributed by atoms with E-state index in [1.807, 2.05) is 24.3 Å². The van der Waals surface area contributed by atoms with Gasteiger partial charge in [0.25, 0.3) is 5.91 Å². The molecule has 0 spiro atoms. The molecule has 2 aromatic rings. The maximum Gasteiger partial charge on any atom is 0.255 e. The Morgan fingerprint density at radius 1 is 0.960 bits per heavy atom. The lowest BCUT2D eigenvalue weighted by molar-refractivity contribution is 0.102. The molecule has 2 aromatic carbocycles. The van der Waals surface area contributed by atoms with E-state index in [2.05, 4.69) is 16.7 Å². The summed E-state index contributed by atoms with van der Waals surface area (Å²) in [7, 11) is 0. The maximum absolute atomic E-state index is 12.9. The third-order valence-electron chi connectivity index (χ3n) is 4.41. The van der Waals surface area contributed by atoms with Gasteiger partial charge in [0, 0.05) is 23.5 Å². The van der Waals surface area contributed by atoms with Crippen molar-refractivity contribution in [2.75, 3.05) is 17.2 Å². The van der Waals surface area contributed by atoms with E-state index in [-0.39, 0.29) is 11.7 Å². The van der Waals surface area contributed by atoms with Gasteiger partial charge in [-0.15, -0.1) is 0 Å². The van der Waals surface area contributed by atoms with Crippen molar-refractivity contribution in [1.29, 1.82) is 0 Å². The highest BCUT2D eigenvalue weighted by atomic mass is 19.1. The zero-order valence-electron chi connectivity index (χ0n) is 14.2. The zero-order valence-corrected chi connectivity index (χ0v) is 14.2. The molecular formula is C21H23FN2O. The van der Waals surface area contributed by atoms with Crippen LogP contribution in [0, 0.1) is 5.82 Å². The molecule has 0 heterocycles. The standard InChI is InChI=1S/C21H23FN2O/c22-18-8-6-17(7-9-18)21(25)24-20-12-10-19(11-13-20)23-15-14-16-4-2-1-3-5-16/h4,6-13,23H,1-3,5,14-15H2,(H,24,25). The second-order valence-electron chi connectivity index (χ2n) is 6.32. The zero-order chi connectivity index (χ0) is 17.5. The summed E-state index contributed by atoms with van der Waals surface area (Å²) in [5.41, 5.74) is 3.75. The van der Waals surface area contributed by atoms with E-state index in [0.29, 0.717) is 5.56 Å². The van der Waals surface area contributed by atoms with Crippen LogP contribution in [0.5, 0.6) is 0 Å². The van der Waals surface area contributed by atoms with E-state index in [9.17, 15) is 9.18 Å². The summed E-state index contributed by atoms with van der Waals surface area (Å²) in [6.07, 6.45) is 8.55. The van der Waals surface area contributed by atoms with Crippen LogP contribution in [-0.2, 0) is 0 Å². The normalized spacial score (nSPS) is 13.9. The lowest BCUT2D eigenvalue weighted by Crippen LogP contribution is -2.11. The number of carbonyl (C=O) groups excluding carboxylic acids is 1. The van der Waals surface area contributed by atoms with Gasteiger partial charge in [-0.2, -0.15) is 0 Å². The maximum atomic E-state index is 12.9. The predicted octanol–water partition coefficient (Wildman–Crippen LogP) is 5.38. The average Bonchev–Trinajstić information content (AvgIpc) is 2.64. The van der Waals surface area contributed by atoms with Gasteiger partial charge in [0.2, 0.25) is 0 Å². The van der Waals surface area contributed by atoms with E-state index in [1.54, 1.807) is 5.57 Å². The van der Waals surface area contributed by atoms with Crippen LogP contribution < -0.4 is 10.6 Å². The van der Waals surface area contributed by atoms with Crippen molar-refractivity contribution in [3.63, 3.8) is 0 Å². The molecule has 1 amide bonds. The molecule has 0 bridgehead atoms. The first-order chi connectivity index (χ1) is 12.2. The number of nitrogens with one attached hydrogen (secondary N) is 2. The smallest absolute Gasteiger partial charge is 0.255 e. The van der Waals surface area contributed by atoms with Crippen molar-refractivity contribution in [3.8, 4) is 0 Å². The third-order valence-corrected chi connectivity index (χ3v) is 4.41. The molecule has 4 heteroatoms. The highest BCUT2D eigenvalue weighted by Gasteiger charge is 2.06. The van der Waals surface area contributed by atoms with Gasteiger partial charge >= 0.3 is 0 Å². The predicted molar refractivity (Wildman–Crippen MR) is 100 cm³/mol. The van der Waals surface area contributed by atoms with Crippen molar-refractivity contribution in [2.45, 2.75) is 32.1 Å². The van der Waals surface area contributed by atoms with Crippen LogP contribution in [0.4, 0.5) is 15.8 Å². The van der Waals surface area contributed by atoms with Crippen molar-refractivity contribution in [1.82, 2.24) is 0 Å². The van der Waals surface area contributed by atoms with Gasteiger partial charge in [0.1, 0.15) is 5.82 Å². The summed E-state index contributed by atoms with van der Waals surface area (Å²) in [6.45, 7) is 0.924. The average molecular weight is 338 g/mol. The number of hydrogen-bond acceptors (Lipinski definition) is 2. The minimum absolute atomic E-state index is 0.245. The summed E-state index contributed by atoms with van der Waals surface area (Å²) in [6, 6.07) is 13.1. The third kappa shape index (κ3) is 5.18. The molecule has 1 aliphatic carbocycles. The Kier molecular flexibility index (Phi) is 5.83. The van der Waals surface area contributed by atoms with Crippen molar-refractivity contribution in [3.05, 3.63) is 71.6 Å². The first kappa shape index (κ1) is 17.2. The molecule has 3 rings (SSSR count). The van der Waals surface area contributed by atoms with Crippen LogP contribution in [0.3, 0.4) is 0 Å². The highest BCUT2D eigenvalue weighted by molar-refractivity contribution is 6.04. The number of halogens is 1. The summed E-state index contributed by atoms with van der Waals surface area (Å²) in [5, 5.41) is 6.23. The van der Waals surface area contributed by atoms with Crippen LogP contribution in [-0.4, -0.2) is 12.5 Å². The Bertz CT molecular complexity index is 735. The van der Waals surface area contributed by atoms with E-state index >= 15 is 0 Å². The molecule has 0 aliphatic heterocycles. The molecule has 0 atom stereocenters. The van der Waals surface area contributed by atoms with E-state index < -0.39 is 0 Å². The van der Waals surface area contributed by atoms with Crippen LogP contribution in [0.15, 0.2) is 60.2 Å². The van der Waals surface area contributed by atoms with Gasteiger partial charge in [-0.05, 0) is 80.6 Å². The van der Waals surface area contributed by atoms with E-state index in [1.165, 1.54) is 49.9 Å². The Morgan fingerprint density at radius 2 is 1.68 bits per heavy atom. The molecule has 130 valence electrons. The Hall–Kier alpha value is -2.62. The quantitative estimate of drug-likeness (QED) is 0.694. The van der Waals surface area contributed by atoms with Crippen LogP contribution in [0.2, 0.25) is 0 Å². The molecule has 0 fully saturated rings. The molecule has 1 aliphatic rings. The van der Waals surface area contributed by atoms with Crippen molar-refractivity contribution in [2.24, 2.45) is 0 Å². The molecule has 0 saturated carbocycles. The van der Waals surface area contributed by atoms with E-state index in [4.69, 9.17) is 0 Å². The molecule has 25 heavy (non-hydrogen) atoms. The van der Waals surface area contributed by atoms with E-state index in [0.717, 1.165) is 24.3 Å². The fourth-order valence-corrected chi connectivity index (χ4v) is 2.98. The first-order valence-electron chi connectivity index (χ1n) is 8.79. The Morgan fingerprint density at radius 3 is 2.36 bits per heavy atom. The summed E-state index contributed by atoms with van der Waals surface area (Å²) < 4.78 is 12.9. The van der Waals surface area contributed by atoms with Crippen LogP contribution in [0.25, 0.3) is 0 Å². The number of amides is 1. The number of anilines is 2. The van der Waals surface area contributed by atoms with Gasteiger partial charge < -0.3 is 10.6 Å². The van der Waals surface area contributed by atoms with Gasteiger partial charge in [-0.25, -0.2) is 4.39 Å². The van der Waals surface area contributed by atoms with Gasteiger partial charge in [-0.1, -0.05) is 11.6 Å². The lowest BCUT2D eigenvalue weighted by Gasteiger charge is -2.13. The van der Waals surface area contributed by atoms with Gasteiger partial charge in [0.15, 0.2) is 0 Å². The molecule has 2 N–H and O–H groups in total. The highest BCUT2D eigenvalue weighted by Crippen LogP contribution is 2.20. The number of carbonyl (C=O) groups is 1. The van der Waals surface area contributed by atoms with Crippen molar-refractivity contribution < 1.29 is 9.18 Å². The summed E-state index contributed by atoms with van der Waals surface area (Å²) in [5.74, 6) is -0.596. The number of benzene rings is 2. The summed E-state index contributed by atoms with van der Waals surface area (Å²) >= 11 is 0. The monoisotopic (exact) mass is 338 g/mol. The van der Waals surface area contributed by atoms with Gasteiger partial charge in [0.05, 0.1) is 0 Å². The van der Waals surface area contributed by atoms with Crippen LogP contribution >= 0.6 is 0 Å². The minimum Gasteiger partial charge on any atom is -0.385 e. The first-order valence-corrected chi connectivity index (χ1v) is 8.79. The fraction of sp³-hybridized carbons (Fsp3) is 0.286. The SMILES string of the molecule is O=C(Nc1ccc(NCCC2=CCCCC2)cc1)c1ccc(F)cc1. The minimum atomic E-state index is -0.351. The molecule has 0 unspecified atom stereocenters. The topological polar surface area (TPSA) is 41.1 Å². The number of rotatable bonds is 6. The molecular weight excluding hydrogens is 315 g/mol. The lowest BCUT2D eigenvalue weighted by atomic mass is 9.97. The Labute approximate surface area is 148 Å².